The van der Waals surface area contributed by atoms with Crippen LogP contribution in [0.15, 0.2) is 11.6 Å². The summed E-state index contributed by atoms with van der Waals surface area (Å²) in [5.74, 6) is 0.739. The molecule has 0 saturated carbocycles. The minimum Gasteiger partial charge on any atom is -0.299 e. The smallest absolute Gasteiger partial charge is 0.0302 e. The van der Waals surface area contributed by atoms with Gasteiger partial charge in [-0.2, -0.15) is 0 Å². The van der Waals surface area contributed by atoms with Gasteiger partial charge < -0.3 is 0 Å². The van der Waals surface area contributed by atoms with Crippen molar-refractivity contribution in [2.75, 3.05) is 13.6 Å². The van der Waals surface area contributed by atoms with Crippen LogP contribution < -0.4 is 0 Å². The van der Waals surface area contributed by atoms with Crippen LogP contribution in [0.5, 0.6) is 0 Å². The van der Waals surface area contributed by atoms with Crippen LogP contribution >= 0.6 is 0 Å². The van der Waals surface area contributed by atoms with Gasteiger partial charge in [-0.15, -0.1) is 0 Å². The molecule has 0 radical (unpaired) electrons. The molecule has 1 heteroatoms. The number of likely N-dealkylation sites (N-methyl/N-ethyl adjacent to an activating group) is 1. The molecular formula is C12H23N. The summed E-state index contributed by atoms with van der Waals surface area (Å²) in [6.45, 7) is 8.08. The number of nitrogens with zero attached hydrogens (tertiary/aromatic N) is 1. The summed E-state index contributed by atoms with van der Waals surface area (Å²) < 4.78 is 0. The molecule has 0 aromatic carbocycles. The van der Waals surface area contributed by atoms with Gasteiger partial charge in [0, 0.05) is 12.6 Å². The zero-order valence-electron chi connectivity index (χ0n) is 9.51. The van der Waals surface area contributed by atoms with Crippen LogP contribution in [-0.4, -0.2) is 24.5 Å². The van der Waals surface area contributed by atoms with Crippen molar-refractivity contribution in [3.8, 4) is 0 Å². The zero-order chi connectivity index (χ0) is 9.84. The number of hydrogen-bond donors (Lipinski definition) is 0. The van der Waals surface area contributed by atoms with E-state index in [-0.39, 0.29) is 0 Å². The first-order valence-corrected chi connectivity index (χ1v) is 5.53. The highest BCUT2D eigenvalue weighted by molar-refractivity contribution is 5.13. The maximum absolute atomic E-state index is 2.51. The van der Waals surface area contributed by atoms with Crippen LogP contribution in [0.2, 0.25) is 0 Å². The SMILES string of the molecule is CCCCC1C(C)=CC(C)CN1C. The first-order valence-electron chi connectivity index (χ1n) is 5.53. The van der Waals surface area contributed by atoms with Gasteiger partial charge in [0.15, 0.2) is 0 Å². The van der Waals surface area contributed by atoms with E-state index < -0.39 is 0 Å². The van der Waals surface area contributed by atoms with Gasteiger partial charge in [0.25, 0.3) is 0 Å². The van der Waals surface area contributed by atoms with E-state index in [1.807, 2.05) is 0 Å². The van der Waals surface area contributed by atoms with E-state index in [4.69, 9.17) is 0 Å². The van der Waals surface area contributed by atoms with Crippen molar-refractivity contribution in [2.24, 2.45) is 5.92 Å². The molecule has 2 atom stereocenters. The highest BCUT2D eigenvalue weighted by atomic mass is 15.1. The summed E-state index contributed by atoms with van der Waals surface area (Å²) in [4.78, 5) is 2.51. The topological polar surface area (TPSA) is 3.24 Å². The fraction of sp³-hybridized carbons (Fsp3) is 0.833. The van der Waals surface area contributed by atoms with E-state index in [0.29, 0.717) is 0 Å². The molecule has 0 N–H and O–H groups in total. The molecule has 0 saturated heterocycles. The van der Waals surface area contributed by atoms with Gasteiger partial charge in [-0.3, -0.25) is 4.90 Å². The lowest BCUT2D eigenvalue weighted by molar-refractivity contribution is 0.220. The third-order valence-corrected chi connectivity index (χ3v) is 3.01. The Morgan fingerprint density at radius 3 is 2.77 bits per heavy atom. The average Bonchev–Trinajstić information content (AvgIpc) is 2.02. The van der Waals surface area contributed by atoms with Crippen molar-refractivity contribution in [1.82, 2.24) is 4.90 Å². The molecule has 13 heavy (non-hydrogen) atoms. The predicted molar refractivity (Wildman–Crippen MR) is 58.9 cm³/mol. The molecule has 0 amide bonds. The molecule has 2 unspecified atom stereocenters. The van der Waals surface area contributed by atoms with Crippen molar-refractivity contribution in [2.45, 2.75) is 46.1 Å². The molecule has 1 rings (SSSR count). The van der Waals surface area contributed by atoms with Gasteiger partial charge in [0.2, 0.25) is 0 Å². The number of hydrogen-bond acceptors (Lipinski definition) is 1. The third kappa shape index (κ3) is 2.84. The Kier molecular flexibility index (Phi) is 3.98. The molecule has 0 aromatic heterocycles. The second kappa shape index (κ2) is 4.80. The molecule has 1 heterocycles. The largest absolute Gasteiger partial charge is 0.299 e. The number of rotatable bonds is 3. The van der Waals surface area contributed by atoms with Gasteiger partial charge in [0.1, 0.15) is 0 Å². The van der Waals surface area contributed by atoms with Crippen LogP contribution in [-0.2, 0) is 0 Å². The van der Waals surface area contributed by atoms with Crippen molar-refractivity contribution in [1.29, 1.82) is 0 Å². The molecule has 0 bridgehead atoms. The van der Waals surface area contributed by atoms with Crippen molar-refractivity contribution >= 4 is 0 Å². The van der Waals surface area contributed by atoms with E-state index in [2.05, 4.69) is 38.8 Å². The fourth-order valence-electron chi connectivity index (χ4n) is 2.39. The van der Waals surface area contributed by atoms with Gasteiger partial charge in [-0.25, -0.2) is 0 Å². The van der Waals surface area contributed by atoms with Crippen LogP contribution in [0, 0.1) is 5.92 Å². The van der Waals surface area contributed by atoms with Crippen LogP contribution in [0.4, 0.5) is 0 Å². The molecule has 1 nitrogen and oxygen atoms in total. The quantitative estimate of drug-likeness (QED) is 0.605. The Bertz CT molecular complexity index is 184. The van der Waals surface area contributed by atoms with Crippen LogP contribution in [0.1, 0.15) is 40.0 Å². The first-order chi connectivity index (χ1) is 6.15. The minimum absolute atomic E-state index is 0.719. The lowest BCUT2D eigenvalue weighted by Gasteiger charge is -2.35. The maximum Gasteiger partial charge on any atom is 0.0302 e. The highest BCUT2D eigenvalue weighted by Crippen LogP contribution is 2.23. The van der Waals surface area contributed by atoms with Crippen LogP contribution in [0.25, 0.3) is 0 Å². The van der Waals surface area contributed by atoms with E-state index >= 15 is 0 Å². The molecule has 76 valence electrons. The predicted octanol–water partition coefficient (Wildman–Crippen LogP) is 3.07. The van der Waals surface area contributed by atoms with Gasteiger partial charge in [-0.05, 0) is 26.3 Å². The lowest BCUT2D eigenvalue weighted by Crippen LogP contribution is -2.39. The average molecular weight is 181 g/mol. The van der Waals surface area contributed by atoms with E-state index in [1.54, 1.807) is 5.57 Å². The first kappa shape index (κ1) is 10.8. The molecule has 0 aromatic rings. The van der Waals surface area contributed by atoms with Gasteiger partial charge in [0.05, 0.1) is 0 Å². The summed E-state index contributed by atoms with van der Waals surface area (Å²) in [5, 5.41) is 0. The monoisotopic (exact) mass is 181 g/mol. The Balaban J connectivity index is 2.55. The summed E-state index contributed by atoms with van der Waals surface area (Å²) in [6, 6.07) is 0.719. The summed E-state index contributed by atoms with van der Waals surface area (Å²) in [6.07, 6.45) is 6.45. The summed E-state index contributed by atoms with van der Waals surface area (Å²) in [7, 11) is 2.26. The molecular weight excluding hydrogens is 158 g/mol. The maximum atomic E-state index is 2.51. The van der Waals surface area contributed by atoms with Gasteiger partial charge in [-0.1, -0.05) is 38.3 Å². The van der Waals surface area contributed by atoms with E-state index in [1.165, 1.54) is 25.8 Å². The molecule has 0 spiro atoms. The summed E-state index contributed by atoms with van der Waals surface area (Å²) >= 11 is 0. The van der Waals surface area contributed by atoms with E-state index in [0.717, 1.165) is 12.0 Å². The van der Waals surface area contributed by atoms with Crippen molar-refractivity contribution in [3.63, 3.8) is 0 Å². The second-order valence-electron chi connectivity index (χ2n) is 4.49. The van der Waals surface area contributed by atoms with Crippen molar-refractivity contribution < 1.29 is 0 Å². The van der Waals surface area contributed by atoms with Crippen LogP contribution in [0.3, 0.4) is 0 Å². The van der Waals surface area contributed by atoms with E-state index in [9.17, 15) is 0 Å². The van der Waals surface area contributed by atoms with Crippen molar-refractivity contribution in [3.05, 3.63) is 11.6 Å². The third-order valence-electron chi connectivity index (χ3n) is 3.01. The zero-order valence-corrected chi connectivity index (χ0v) is 9.51. The Morgan fingerprint density at radius 1 is 1.54 bits per heavy atom. The Morgan fingerprint density at radius 2 is 2.23 bits per heavy atom. The van der Waals surface area contributed by atoms with Gasteiger partial charge >= 0.3 is 0 Å². The fourth-order valence-corrected chi connectivity index (χ4v) is 2.39. The molecule has 1 aliphatic rings. The minimum atomic E-state index is 0.719. The second-order valence-corrected chi connectivity index (χ2v) is 4.49. The number of unbranched alkanes of at least 4 members (excludes halogenated alkanes) is 1. The highest BCUT2D eigenvalue weighted by Gasteiger charge is 2.21. The molecule has 0 fully saturated rings. The standard InChI is InChI=1S/C12H23N/c1-5-6-7-12-11(3)8-10(2)9-13(12)4/h8,10,12H,5-7,9H2,1-4H3. The normalized spacial score (nSPS) is 30.3. The lowest BCUT2D eigenvalue weighted by atomic mass is 9.92. The Labute approximate surface area is 82.8 Å². The molecule has 1 aliphatic heterocycles. The summed E-state index contributed by atoms with van der Waals surface area (Å²) in [5.41, 5.74) is 1.58. The molecule has 0 aliphatic carbocycles. The Hall–Kier alpha value is -0.300.